The number of hydrogen-bond donors (Lipinski definition) is 1. The van der Waals surface area contributed by atoms with E-state index in [2.05, 4.69) is 14.9 Å². The van der Waals surface area contributed by atoms with E-state index < -0.39 is 5.97 Å². The number of carbonyl (C=O) groups is 1. The van der Waals surface area contributed by atoms with Crippen molar-refractivity contribution in [2.45, 2.75) is 11.2 Å². The first kappa shape index (κ1) is 11.5. The molecule has 0 aliphatic carbocycles. The molecule has 0 bridgehead atoms. The fourth-order valence-corrected chi connectivity index (χ4v) is 4.87. The van der Waals surface area contributed by atoms with Gasteiger partial charge in [0.05, 0.1) is 15.0 Å². The lowest BCUT2D eigenvalue weighted by Gasteiger charge is -2.55. The van der Waals surface area contributed by atoms with Crippen LogP contribution < -0.4 is 4.90 Å². The average molecular weight is 293 g/mol. The standard InChI is InChI=1S/C12H11N3O2S2/c16-10(17)8-9-7(1-3-13-8)14-11(19-9)15-5-12(6-15)2-4-18-12/h1,3H,2,4-6H2,(H,16,17). The van der Waals surface area contributed by atoms with Crippen LogP contribution in [0.5, 0.6) is 0 Å². The van der Waals surface area contributed by atoms with Gasteiger partial charge in [0, 0.05) is 19.3 Å². The van der Waals surface area contributed by atoms with Crippen molar-refractivity contribution >= 4 is 44.4 Å². The zero-order chi connectivity index (χ0) is 13.0. The Morgan fingerprint density at radius 1 is 1.47 bits per heavy atom. The molecule has 0 atom stereocenters. The van der Waals surface area contributed by atoms with Gasteiger partial charge < -0.3 is 10.0 Å². The third-order valence-electron chi connectivity index (χ3n) is 3.69. The van der Waals surface area contributed by atoms with Gasteiger partial charge in [-0.05, 0) is 18.2 Å². The molecule has 0 unspecified atom stereocenters. The van der Waals surface area contributed by atoms with E-state index in [1.54, 1.807) is 6.07 Å². The van der Waals surface area contributed by atoms with Crippen molar-refractivity contribution in [3.8, 4) is 0 Å². The lowest BCUT2D eigenvalue weighted by molar-refractivity contribution is 0.0693. The molecule has 7 heteroatoms. The minimum Gasteiger partial charge on any atom is -0.476 e. The molecular weight excluding hydrogens is 282 g/mol. The Hall–Kier alpha value is -1.34. The first-order valence-corrected chi connectivity index (χ1v) is 7.85. The number of carboxylic acid groups (broad SMARTS) is 1. The van der Waals surface area contributed by atoms with Crippen molar-refractivity contribution in [2.24, 2.45) is 0 Å². The van der Waals surface area contributed by atoms with Crippen molar-refractivity contribution in [3.63, 3.8) is 0 Å². The Morgan fingerprint density at radius 3 is 2.89 bits per heavy atom. The summed E-state index contributed by atoms with van der Waals surface area (Å²) in [6.45, 7) is 2.07. The highest BCUT2D eigenvalue weighted by atomic mass is 32.2. The molecule has 19 heavy (non-hydrogen) atoms. The third kappa shape index (κ3) is 1.64. The van der Waals surface area contributed by atoms with Crippen molar-refractivity contribution < 1.29 is 9.90 Å². The van der Waals surface area contributed by atoms with Crippen molar-refractivity contribution in [1.82, 2.24) is 9.97 Å². The Morgan fingerprint density at radius 2 is 2.26 bits per heavy atom. The second-order valence-corrected chi connectivity index (χ2v) is 7.49. The van der Waals surface area contributed by atoms with E-state index in [0.717, 1.165) is 23.7 Å². The number of rotatable bonds is 2. The average Bonchev–Trinajstić information content (AvgIpc) is 2.67. The fraction of sp³-hybridized carbons (Fsp3) is 0.417. The number of thiazole rings is 1. The van der Waals surface area contributed by atoms with Crippen LogP contribution >= 0.6 is 23.1 Å². The smallest absolute Gasteiger partial charge is 0.356 e. The van der Waals surface area contributed by atoms with Crippen molar-refractivity contribution in [2.75, 3.05) is 23.7 Å². The summed E-state index contributed by atoms with van der Waals surface area (Å²) in [5.74, 6) is 0.274. The summed E-state index contributed by atoms with van der Waals surface area (Å²) in [6, 6.07) is 1.77. The molecule has 2 fully saturated rings. The maximum atomic E-state index is 11.1. The maximum Gasteiger partial charge on any atom is 0.356 e. The highest BCUT2D eigenvalue weighted by Gasteiger charge is 2.49. The molecule has 0 aromatic carbocycles. The molecule has 0 saturated carbocycles. The molecule has 4 heterocycles. The summed E-state index contributed by atoms with van der Waals surface area (Å²) in [5, 5.41) is 10.1. The summed E-state index contributed by atoms with van der Waals surface area (Å²) in [7, 11) is 0. The molecule has 2 aliphatic rings. The highest BCUT2D eigenvalue weighted by Crippen LogP contribution is 2.49. The van der Waals surface area contributed by atoms with Gasteiger partial charge in [-0.25, -0.2) is 14.8 Å². The Balaban J connectivity index is 1.69. The molecule has 2 aromatic rings. The fourth-order valence-electron chi connectivity index (χ4n) is 2.56. The number of anilines is 1. The van der Waals surface area contributed by atoms with Crippen LogP contribution in [0, 0.1) is 0 Å². The van der Waals surface area contributed by atoms with Crippen LogP contribution in [0.1, 0.15) is 16.9 Å². The molecule has 2 saturated heterocycles. The van der Waals surface area contributed by atoms with Gasteiger partial charge in [0.1, 0.15) is 0 Å². The van der Waals surface area contributed by atoms with Gasteiger partial charge in [-0.15, -0.1) is 0 Å². The first-order chi connectivity index (χ1) is 9.17. The molecule has 2 aromatic heterocycles. The largest absolute Gasteiger partial charge is 0.476 e. The van der Waals surface area contributed by atoms with Crippen LogP contribution in [0.3, 0.4) is 0 Å². The first-order valence-electron chi connectivity index (χ1n) is 6.05. The van der Waals surface area contributed by atoms with Gasteiger partial charge in [0.2, 0.25) is 0 Å². The molecule has 0 radical (unpaired) electrons. The third-order valence-corrected chi connectivity index (χ3v) is 6.31. The number of pyridine rings is 1. The van der Waals surface area contributed by atoms with Crippen LogP contribution in [0.2, 0.25) is 0 Å². The van der Waals surface area contributed by atoms with E-state index in [0.29, 0.717) is 9.45 Å². The van der Waals surface area contributed by atoms with Crippen LogP contribution in [0.25, 0.3) is 10.2 Å². The van der Waals surface area contributed by atoms with Crippen LogP contribution in [-0.2, 0) is 0 Å². The minimum absolute atomic E-state index is 0.106. The lowest BCUT2D eigenvalue weighted by atomic mass is 9.95. The van der Waals surface area contributed by atoms with Crippen LogP contribution in [0.15, 0.2) is 12.3 Å². The molecule has 2 aliphatic heterocycles. The molecular formula is C12H11N3O2S2. The van der Waals surface area contributed by atoms with Gasteiger partial charge in [0.15, 0.2) is 10.8 Å². The predicted octanol–water partition coefficient (Wildman–Crippen LogP) is 2.09. The topological polar surface area (TPSA) is 66.3 Å². The molecule has 5 nitrogen and oxygen atoms in total. The molecule has 1 spiro atoms. The number of hydrogen-bond acceptors (Lipinski definition) is 6. The molecule has 4 rings (SSSR count). The molecule has 0 amide bonds. The molecule has 98 valence electrons. The van der Waals surface area contributed by atoms with E-state index in [4.69, 9.17) is 5.11 Å². The van der Waals surface area contributed by atoms with Crippen LogP contribution in [0.4, 0.5) is 5.13 Å². The van der Waals surface area contributed by atoms with Crippen LogP contribution in [-0.4, -0.2) is 44.6 Å². The lowest BCUT2D eigenvalue weighted by Crippen LogP contribution is -2.63. The van der Waals surface area contributed by atoms with E-state index in [1.807, 2.05) is 11.8 Å². The number of thioether (sulfide) groups is 1. The van der Waals surface area contributed by atoms with Gasteiger partial charge >= 0.3 is 5.97 Å². The van der Waals surface area contributed by atoms with Crippen molar-refractivity contribution in [1.29, 1.82) is 0 Å². The van der Waals surface area contributed by atoms with Gasteiger partial charge in [-0.3, -0.25) is 0 Å². The zero-order valence-corrected chi connectivity index (χ0v) is 11.6. The summed E-state index contributed by atoms with van der Waals surface area (Å²) < 4.78 is 1.14. The summed E-state index contributed by atoms with van der Waals surface area (Å²) in [4.78, 5) is 21.8. The summed E-state index contributed by atoms with van der Waals surface area (Å²) in [5.41, 5.74) is 0.837. The van der Waals surface area contributed by atoms with Gasteiger partial charge in [0.25, 0.3) is 0 Å². The summed E-state index contributed by atoms with van der Waals surface area (Å²) in [6.07, 6.45) is 2.80. The van der Waals surface area contributed by atoms with E-state index >= 15 is 0 Å². The number of aromatic nitrogens is 2. The predicted molar refractivity (Wildman–Crippen MR) is 76.4 cm³/mol. The molecule has 1 N–H and O–H groups in total. The van der Waals surface area contributed by atoms with E-state index in [1.165, 1.54) is 29.7 Å². The maximum absolute atomic E-state index is 11.1. The normalized spacial score (nSPS) is 20.3. The highest BCUT2D eigenvalue weighted by molar-refractivity contribution is 8.02. The summed E-state index contributed by atoms with van der Waals surface area (Å²) >= 11 is 3.47. The van der Waals surface area contributed by atoms with E-state index in [-0.39, 0.29) is 5.69 Å². The number of nitrogens with zero attached hydrogens (tertiary/aromatic N) is 3. The van der Waals surface area contributed by atoms with Gasteiger partial charge in [-0.1, -0.05) is 11.3 Å². The van der Waals surface area contributed by atoms with Gasteiger partial charge in [-0.2, -0.15) is 11.8 Å². The second kappa shape index (κ2) is 3.83. The number of fused-ring (bicyclic) bond motifs is 1. The minimum atomic E-state index is -0.990. The van der Waals surface area contributed by atoms with Crippen molar-refractivity contribution in [3.05, 3.63) is 18.0 Å². The Kier molecular flexibility index (Phi) is 2.32. The monoisotopic (exact) mass is 293 g/mol. The number of aromatic carboxylic acids is 1. The number of carboxylic acids is 1. The van der Waals surface area contributed by atoms with E-state index in [9.17, 15) is 4.79 Å². The quantitative estimate of drug-likeness (QED) is 0.914. The Labute approximate surface area is 117 Å². The Bertz CT molecular complexity index is 673. The SMILES string of the molecule is O=C(O)c1nccc2nc(N3CC4(CCS4)C3)sc12. The zero-order valence-electron chi connectivity index (χ0n) is 10.00. The second-order valence-electron chi connectivity index (χ2n) is 4.95.